The predicted octanol–water partition coefficient (Wildman–Crippen LogP) is 1.94. The van der Waals surface area contributed by atoms with Crippen LogP contribution < -0.4 is 10.2 Å². The first-order valence-corrected chi connectivity index (χ1v) is 11.2. The summed E-state index contributed by atoms with van der Waals surface area (Å²) >= 11 is 1.41. The van der Waals surface area contributed by atoms with E-state index in [1.807, 2.05) is 0 Å². The molecule has 2 heterocycles. The van der Waals surface area contributed by atoms with Gasteiger partial charge >= 0.3 is 0 Å². The third-order valence-corrected chi connectivity index (χ3v) is 6.26. The highest BCUT2D eigenvalue weighted by molar-refractivity contribution is 7.09. The fourth-order valence-electron chi connectivity index (χ4n) is 3.38. The van der Waals surface area contributed by atoms with Gasteiger partial charge in [-0.05, 0) is 26.2 Å². The van der Waals surface area contributed by atoms with E-state index in [-0.39, 0.29) is 11.8 Å². The van der Waals surface area contributed by atoms with Crippen molar-refractivity contribution in [2.24, 2.45) is 0 Å². The summed E-state index contributed by atoms with van der Waals surface area (Å²) in [5.74, 6) is 1.30. The number of rotatable bonds is 7. The van der Waals surface area contributed by atoms with Gasteiger partial charge in [0.2, 0.25) is 11.0 Å². The van der Waals surface area contributed by atoms with Gasteiger partial charge in [-0.3, -0.25) is 9.59 Å². The van der Waals surface area contributed by atoms with Crippen LogP contribution in [0.4, 0.5) is 5.13 Å². The molecule has 2 aliphatic rings. The van der Waals surface area contributed by atoms with Crippen LogP contribution >= 0.6 is 11.5 Å². The van der Waals surface area contributed by atoms with Gasteiger partial charge in [0.05, 0.1) is 6.61 Å². The van der Waals surface area contributed by atoms with Gasteiger partial charge in [-0.25, -0.2) is 4.98 Å². The summed E-state index contributed by atoms with van der Waals surface area (Å²) in [6, 6.07) is 0. The molecule has 0 spiro atoms. The molecule has 1 N–H and O–H groups in total. The van der Waals surface area contributed by atoms with Crippen LogP contribution in [0.2, 0.25) is 0 Å². The number of hydrogen-bond donors (Lipinski definition) is 1. The summed E-state index contributed by atoms with van der Waals surface area (Å²) in [5, 5.41) is 3.80. The highest BCUT2D eigenvalue weighted by Crippen LogP contribution is 2.36. The summed E-state index contributed by atoms with van der Waals surface area (Å²) in [4.78, 5) is 33.5. The van der Waals surface area contributed by atoms with Gasteiger partial charge in [0.25, 0.3) is 5.91 Å². The van der Waals surface area contributed by atoms with E-state index in [4.69, 9.17) is 9.72 Å². The average Bonchev–Trinajstić information content (AvgIpc) is 3.14. The third-order valence-electron chi connectivity index (χ3n) is 5.47. The van der Waals surface area contributed by atoms with Crippen LogP contribution in [0.3, 0.4) is 0 Å². The third kappa shape index (κ3) is 5.99. The predicted molar refractivity (Wildman–Crippen MR) is 113 cm³/mol. The van der Waals surface area contributed by atoms with Crippen molar-refractivity contribution < 1.29 is 14.3 Å². The molecule has 160 valence electrons. The van der Waals surface area contributed by atoms with Gasteiger partial charge in [-0.2, -0.15) is 4.37 Å². The molecule has 1 atom stereocenters. The number of amides is 2. The van der Waals surface area contributed by atoms with Crippen molar-refractivity contribution in [3.05, 3.63) is 18.5 Å². The van der Waals surface area contributed by atoms with Gasteiger partial charge in [-0.1, -0.05) is 12.5 Å². The normalized spacial score (nSPS) is 20.0. The number of carbonyl (C=O) groups excluding carboxylic acids is 2. The Morgan fingerprint density at radius 2 is 2.21 bits per heavy atom. The fraction of sp³-hybridized carbons (Fsp3) is 0.700. The topological polar surface area (TPSA) is 87.7 Å². The summed E-state index contributed by atoms with van der Waals surface area (Å²) in [7, 11) is 0. The maximum absolute atomic E-state index is 12.8. The van der Waals surface area contributed by atoms with E-state index in [9.17, 15) is 9.59 Å². The Morgan fingerprint density at radius 1 is 1.38 bits per heavy atom. The molecular formula is C20H31N5O3S. The number of ether oxygens (including phenoxy) is 1. The molecule has 1 saturated heterocycles. The van der Waals surface area contributed by atoms with E-state index in [0.29, 0.717) is 58.1 Å². The van der Waals surface area contributed by atoms with Crippen molar-refractivity contribution in [2.45, 2.75) is 51.0 Å². The second-order valence-corrected chi connectivity index (χ2v) is 8.30. The molecule has 1 aliphatic carbocycles. The van der Waals surface area contributed by atoms with Gasteiger partial charge < -0.3 is 19.9 Å². The number of anilines is 1. The lowest BCUT2D eigenvalue weighted by Gasteiger charge is -2.30. The molecule has 1 aromatic rings. The van der Waals surface area contributed by atoms with Gasteiger partial charge in [0.1, 0.15) is 11.9 Å². The maximum atomic E-state index is 12.8. The van der Waals surface area contributed by atoms with E-state index in [1.165, 1.54) is 18.0 Å². The largest absolute Gasteiger partial charge is 0.368 e. The lowest BCUT2D eigenvalue weighted by atomic mass is 9.85. The van der Waals surface area contributed by atoms with Crippen LogP contribution in [0.1, 0.15) is 50.8 Å². The Hall–Kier alpha value is -2.00. The summed E-state index contributed by atoms with van der Waals surface area (Å²) in [6.07, 6.45) is 5.81. The standard InChI is InChI=1S/C20H31N5O3S/c1-3-4-14-28-15(2)19(27)24-10-8-17(26)21-9-11-25(13-12-24)20-22-18(23-29-20)16-6-5-7-16/h3,15-16H,1,4-14H2,2H3,(H,21,26). The quantitative estimate of drug-likeness (QED) is 0.535. The zero-order valence-electron chi connectivity index (χ0n) is 17.1. The van der Waals surface area contributed by atoms with E-state index < -0.39 is 6.10 Å². The van der Waals surface area contributed by atoms with Crippen molar-refractivity contribution >= 4 is 28.5 Å². The molecule has 9 heteroatoms. The zero-order valence-corrected chi connectivity index (χ0v) is 18.0. The number of carbonyl (C=O) groups is 2. The van der Waals surface area contributed by atoms with E-state index >= 15 is 0 Å². The van der Waals surface area contributed by atoms with Crippen LogP contribution in [0.5, 0.6) is 0 Å². The van der Waals surface area contributed by atoms with Crippen LogP contribution in [0, 0.1) is 0 Å². The molecule has 29 heavy (non-hydrogen) atoms. The molecule has 0 bridgehead atoms. The minimum atomic E-state index is -0.541. The SMILES string of the molecule is C=CCCOC(C)C(=O)N1CCC(=O)NCCN(c2nc(C3CCC3)ns2)CC1. The van der Waals surface area contributed by atoms with E-state index in [0.717, 1.165) is 23.8 Å². The summed E-state index contributed by atoms with van der Waals surface area (Å²) in [6.45, 7) is 8.67. The number of nitrogens with one attached hydrogen (secondary N) is 1. The van der Waals surface area contributed by atoms with Crippen LogP contribution in [0.15, 0.2) is 12.7 Å². The molecule has 1 unspecified atom stereocenters. The van der Waals surface area contributed by atoms with Gasteiger partial charge in [0.15, 0.2) is 0 Å². The Labute approximate surface area is 176 Å². The first-order chi connectivity index (χ1) is 14.1. The number of nitrogens with zero attached hydrogens (tertiary/aromatic N) is 4. The Kier molecular flexibility index (Phi) is 8.00. The lowest BCUT2D eigenvalue weighted by Crippen LogP contribution is -2.47. The highest BCUT2D eigenvalue weighted by atomic mass is 32.1. The van der Waals surface area contributed by atoms with Crippen molar-refractivity contribution in [3.8, 4) is 0 Å². The van der Waals surface area contributed by atoms with Crippen LogP contribution in [-0.4, -0.2) is 71.5 Å². The minimum absolute atomic E-state index is 0.0442. The van der Waals surface area contributed by atoms with Crippen LogP contribution in [-0.2, 0) is 14.3 Å². The van der Waals surface area contributed by atoms with Gasteiger partial charge in [0, 0.05) is 56.6 Å². The molecule has 8 nitrogen and oxygen atoms in total. The molecule has 1 saturated carbocycles. The Bertz CT molecular complexity index is 706. The average molecular weight is 422 g/mol. The fourth-order valence-corrected chi connectivity index (χ4v) is 4.17. The molecular weight excluding hydrogens is 390 g/mol. The number of hydrogen-bond acceptors (Lipinski definition) is 7. The molecule has 2 amide bonds. The second-order valence-electron chi connectivity index (χ2n) is 7.57. The monoisotopic (exact) mass is 421 g/mol. The first kappa shape index (κ1) is 21.7. The highest BCUT2D eigenvalue weighted by Gasteiger charge is 2.26. The molecule has 1 aromatic heterocycles. The van der Waals surface area contributed by atoms with Gasteiger partial charge in [-0.15, -0.1) is 6.58 Å². The van der Waals surface area contributed by atoms with Crippen LogP contribution in [0.25, 0.3) is 0 Å². The van der Waals surface area contributed by atoms with Crippen molar-refractivity contribution in [3.63, 3.8) is 0 Å². The van der Waals surface area contributed by atoms with Crippen molar-refractivity contribution in [2.75, 3.05) is 44.2 Å². The Balaban J connectivity index is 1.64. The summed E-state index contributed by atoms with van der Waals surface area (Å²) in [5.41, 5.74) is 0. The Morgan fingerprint density at radius 3 is 2.93 bits per heavy atom. The van der Waals surface area contributed by atoms with Crippen molar-refractivity contribution in [1.29, 1.82) is 0 Å². The molecule has 3 rings (SSSR count). The molecule has 1 aliphatic heterocycles. The smallest absolute Gasteiger partial charge is 0.251 e. The van der Waals surface area contributed by atoms with Crippen molar-refractivity contribution in [1.82, 2.24) is 19.6 Å². The molecule has 0 radical (unpaired) electrons. The zero-order chi connectivity index (χ0) is 20.6. The molecule has 0 aromatic carbocycles. The van der Waals surface area contributed by atoms with E-state index in [1.54, 1.807) is 17.9 Å². The first-order valence-electron chi connectivity index (χ1n) is 10.4. The number of aromatic nitrogens is 2. The second kappa shape index (κ2) is 10.7. The van der Waals surface area contributed by atoms with E-state index in [2.05, 4.69) is 21.2 Å². The maximum Gasteiger partial charge on any atom is 0.251 e. The lowest BCUT2D eigenvalue weighted by molar-refractivity contribution is -0.142. The molecule has 2 fully saturated rings. The minimum Gasteiger partial charge on any atom is -0.368 e. The summed E-state index contributed by atoms with van der Waals surface area (Å²) < 4.78 is 10.2.